The van der Waals surface area contributed by atoms with Crippen molar-refractivity contribution in [2.75, 3.05) is 0 Å². The molecule has 2 aliphatic rings. The zero-order chi connectivity index (χ0) is 45.3. The Hall–Kier alpha value is -6.46. The van der Waals surface area contributed by atoms with Crippen LogP contribution in [0.3, 0.4) is 0 Å². The van der Waals surface area contributed by atoms with Crippen molar-refractivity contribution in [3.8, 4) is 34.0 Å². The molecule has 12 rings (SSSR count). The summed E-state index contributed by atoms with van der Waals surface area (Å²) in [6.45, 7) is 28.4. The molecule has 320 valence electrons. The standard InChI is InChI=1S/C60H57BN4/c1-57(2,3)36-30-41(59(7,8)9)50-39-23-18-25-43-54(39)64(46(50)32-36)48-28-35(53-38-22-16-17-27-45(38)62-56(63-53)34-20-14-13-15-21-34)29-49-52(48)61(43)44-26-19-24-40-51-42(60(10,11)12)31-37(58(4,5)6)33-47(51)65(49)55(40)44/h13-33H,1-12H3. The second kappa shape index (κ2) is 13.1. The third-order valence-corrected chi connectivity index (χ3v) is 14.6. The van der Waals surface area contributed by atoms with Crippen molar-refractivity contribution in [3.05, 3.63) is 150 Å². The highest BCUT2D eigenvalue weighted by Crippen LogP contribution is 2.47. The first-order chi connectivity index (χ1) is 30.8. The maximum absolute atomic E-state index is 5.55. The quantitative estimate of drug-likeness (QED) is 0.163. The van der Waals surface area contributed by atoms with Crippen LogP contribution in [0.25, 0.3) is 88.5 Å². The fourth-order valence-electron chi connectivity index (χ4n) is 11.4. The molecule has 65 heavy (non-hydrogen) atoms. The van der Waals surface area contributed by atoms with Crippen molar-refractivity contribution in [1.29, 1.82) is 0 Å². The van der Waals surface area contributed by atoms with E-state index in [-0.39, 0.29) is 28.4 Å². The molecule has 7 aromatic carbocycles. The van der Waals surface area contributed by atoms with Gasteiger partial charge >= 0.3 is 0 Å². The normalized spacial score (nSPS) is 13.8. The molecular formula is C60H57BN4. The second-order valence-corrected chi connectivity index (χ2v) is 23.1. The highest BCUT2D eigenvalue weighted by atomic mass is 15.0. The minimum atomic E-state index is -0.0854. The summed E-state index contributed by atoms with van der Waals surface area (Å²) < 4.78 is 5.31. The van der Waals surface area contributed by atoms with Gasteiger partial charge in [0.2, 0.25) is 0 Å². The average Bonchev–Trinajstić information content (AvgIpc) is 3.78. The third-order valence-electron chi connectivity index (χ3n) is 14.6. The van der Waals surface area contributed by atoms with E-state index < -0.39 is 0 Å². The molecule has 0 aliphatic carbocycles. The van der Waals surface area contributed by atoms with E-state index in [1.807, 2.05) is 0 Å². The first-order valence-corrected chi connectivity index (χ1v) is 23.5. The first kappa shape index (κ1) is 40.1. The van der Waals surface area contributed by atoms with Gasteiger partial charge in [0.1, 0.15) is 0 Å². The SMILES string of the molecule is CC(C)(C)c1cc(C(C)(C)C)c2c3cccc4c3n(c2c1)-c1cc(-c2nc(-c3ccccc3)nc3ccccc23)cc2c1B4c1cccc3c4c(C(C)(C)C)cc(C(C)(C)C)cc4n-2c13. The number of para-hydroxylation sites is 3. The van der Waals surface area contributed by atoms with E-state index in [4.69, 9.17) is 9.97 Å². The predicted octanol–water partition coefficient (Wildman–Crippen LogP) is 13.5. The summed E-state index contributed by atoms with van der Waals surface area (Å²) in [6.07, 6.45) is 0. The molecule has 2 aliphatic heterocycles. The number of rotatable bonds is 2. The number of benzene rings is 7. The van der Waals surface area contributed by atoms with E-state index in [2.05, 4.69) is 220 Å². The Kier molecular flexibility index (Phi) is 8.07. The van der Waals surface area contributed by atoms with Crippen LogP contribution in [0.5, 0.6) is 0 Å². The van der Waals surface area contributed by atoms with Gasteiger partial charge in [-0.05, 0) is 90.6 Å². The van der Waals surface area contributed by atoms with Crippen molar-refractivity contribution in [2.45, 2.75) is 105 Å². The minimum Gasteiger partial charge on any atom is -0.310 e. The predicted molar refractivity (Wildman–Crippen MR) is 279 cm³/mol. The summed E-state index contributed by atoms with van der Waals surface area (Å²) in [7, 11) is 0. The number of fused-ring (bicyclic) bond motifs is 11. The molecular weight excluding hydrogens is 787 g/mol. The molecule has 0 unspecified atom stereocenters. The molecule has 0 radical (unpaired) electrons. The van der Waals surface area contributed by atoms with Crippen LogP contribution in [0.4, 0.5) is 0 Å². The maximum Gasteiger partial charge on any atom is 0.252 e. The Morgan fingerprint density at radius 2 is 0.908 bits per heavy atom. The van der Waals surface area contributed by atoms with Gasteiger partial charge < -0.3 is 9.13 Å². The molecule has 5 heterocycles. The third kappa shape index (κ3) is 5.70. The molecule has 0 amide bonds. The van der Waals surface area contributed by atoms with E-state index in [9.17, 15) is 0 Å². The highest BCUT2D eigenvalue weighted by molar-refractivity contribution is 7.00. The van der Waals surface area contributed by atoms with Crippen molar-refractivity contribution >= 4 is 77.6 Å². The van der Waals surface area contributed by atoms with Crippen LogP contribution in [-0.2, 0) is 21.7 Å². The minimum absolute atomic E-state index is 0.0254. The van der Waals surface area contributed by atoms with Crippen LogP contribution in [0, 0.1) is 0 Å². The molecule has 0 N–H and O–H groups in total. The Morgan fingerprint density at radius 1 is 0.431 bits per heavy atom. The molecule has 3 aromatic heterocycles. The molecule has 5 heteroatoms. The first-order valence-electron chi connectivity index (χ1n) is 23.5. The molecule has 0 atom stereocenters. The summed E-state index contributed by atoms with van der Waals surface area (Å²) in [5.41, 5.74) is 20.9. The van der Waals surface area contributed by atoms with E-state index in [1.165, 1.54) is 93.6 Å². The molecule has 0 saturated heterocycles. The summed E-state index contributed by atoms with van der Waals surface area (Å²) in [6, 6.07) is 48.2. The number of hydrogen-bond acceptors (Lipinski definition) is 2. The molecule has 0 fully saturated rings. The van der Waals surface area contributed by atoms with Crippen molar-refractivity contribution in [2.24, 2.45) is 0 Å². The van der Waals surface area contributed by atoms with E-state index >= 15 is 0 Å². The van der Waals surface area contributed by atoms with Crippen molar-refractivity contribution in [1.82, 2.24) is 19.1 Å². The lowest BCUT2D eigenvalue weighted by atomic mass is 9.34. The largest absolute Gasteiger partial charge is 0.310 e. The van der Waals surface area contributed by atoms with Crippen LogP contribution < -0.4 is 16.4 Å². The van der Waals surface area contributed by atoms with Gasteiger partial charge in [-0.25, -0.2) is 9.97 Å². The van der Waals surface area contributed by atoms with E-state index in [0.29, 0.717) is 0 Å². The monoisotopic (exact) mass is 844 g/mol. The smallest absolute Gasteiger partial charge is 0.252 e. The van der Waals surface area contributed by atoms with Gasteiger partial charge in [0.05, 0.1) is 22.2 Å². The van der Waals surface area contributed by atoms with Crippen molar-refractivity contribution in [3.63, 3.8) is 0 Å². The molecule has 0 spiro atoms. The summed E-state index contributed by atoms with van der Waals surface area (Å²) in [4.78, 5) is 10.7. The molecule has 4 nitrogen and oxygen atoms in total. The van der Waals surface area contributed by atoms with Gasteiger partial charge in [-0.3, -0.25) is 0 Å². The fraction of sp³-hybridized carbons (Fsp3) is 0.267. The fourth-order valence-corrected chi connectivity index (χ4v) is 11.4. The topological polar surface area (TPSA) is 35.6 Å². The Morgan fingerprint density at radius 3 is 1.40 bits per heavy atom. The summed E-state index contributed by atoms with van der Waals surface area (Å²) >= 11 is 0. The zero-order valence-electron chi connectivity index (χ0n) is 40.0. The van der Waals surface area contributed by atoms with E-state index in [1.54, 1.807) is 0 Å². The lowest BCUT2D eigenvalue weighted by Gasteiger charge is -2.34. The van der Waals surface area contributed by atoms with Crippen LogP contribution >= 0.6 is 0 Å². The van der Waals surface area contributed by atoms with Crippen LogP contribution in [0.15, 0.2) is 127 Å². The van der Waals surface area contributed by atoms with Gasteiger partial charge in [-0.15, -0.1) is 0 Å². The second-order valence-electron chi connectivity index (χ2n) is 23.1. The molecule has 0 saturated carbocycles. The van der Waals surface area contributed by atoms with Gasteiger partial charge in [-0.2, -0.15) is 0 Å². The van der Waals surface area contributed by atoms with Gasteiger partial charge in [0.15, 0.2) is 5.82 Å². The van der Waals surface area contributed by atoms with Gasteiger partial charge in [0, 0.05) is 60.5 Å². The summed E-state index contributed by atoms with van der Waals surface area (Å²) in [5, 5.41) is 6.40. The molecule has 0 bridgehead atoms. The lowest BCUT2D eigenvalue weighted by Crippen LogP contribution is -2.59. The zero-order valence-corrected chi connectivity index (χ0v) is 40.0. The number of aromatic nitrogens is 4. The van der Waals surface area contributed by atoms with Crippen molar-refractivity contribution < 1.29 is 0 Å². The molecule has 10 aromatic rings. The Labute approximate surface area is 383 Å². The maximum atomic E-state index is 5.55. The van der Waals surface area contributed by atoms with Gasteiger partial charge in [-0.1, -0.05) is 180 Å². The Balaban J connectivity index is 1.32. The van der Waals surface area contributed by atoms with Crippen LogP contribution in [0.2, 0.25) is 0 Å². The van der Waals surface area contributed by atoms with Crippen LogP contribution in [0.1, 0.15) is 105 Å². The Bertz CT molecular complexity index is 3510. The lowest BCUT2D eigenvalue weighted by molar-refractivity contribution is 0.572. The summed E-state index contributed by atoms with van der Waals surface area (Å²) in [5.74, 6) is 0.733. The van der Waals surface area contributed by atoms with Gasteiger partial charge in [0.25, 0.3) is 6.71 Å². The van der Waals surface area contributed by atoms with E-state index in [0.717, 1.165) is 33.5 Å². The van der Waals surface area contributed by atoms with Crippen LogP contribution in [-0.4, -0.2) is 25.8 Å². The highest BCUT2D eigenvalue weighted by Gasteiger charge is 2.42. The number of nitrogens with zero attached hydrogens (tertiary/aromatic N) is 4. The number of hydrogen-bond donors (Lipinski definition) is 0. The average molecular weight is 845 g/mol.